The highest BCUT2D eigenvalue weighted by Gasteiger charge is 2.20. The van der Waals surface area contributed by atoms with E-state index in [0.29, 0.717) is 34.1 Å². The third-order valence-electron chi connectivity index (χ3n) is 2.74. The van der Waals surface area contributed by atoms with Crippen LogP contribution >= 0.6 is 11.3 Å². The summed E-state index contributed by atoms with van der Waals surface area (Å²) in [6.45, 7) is 5.55. The number of carbonyl (C=O) groups is 2. The van der Waals surface area contributed by atoms with Crippen molar-refractivity contribution in [1.29, 1.82) is 0 Å². The summed E-state index contributed by atoms with van der Waals surface area (Å²) in [5.74, 6) is -0.730. The molecule has 2 aromatic rings. The molecule has 0 radical (unpaired) electrons. The molecule has 0 saturated heterocycles. The molecule has 0 aliphatic rings. The lowest BCUT2D eigenvalue weighted by atomic mass is 10.2. The Kier molecular flexibility index (Phi) is 4.19. The Hall–Kier alpha value is -2.15. The number of esters is 1. The Bertz CT molecular complexity index is 626. The zero-order valence-electron chi connectivity index (χ0n) is 11.4. The Morgan fingerprint density at radius 3 is 2.80 bits per heavy atom. The number of thiophene rings is 1. The van der Waals surface area contributed by atoms with E-state index < -0.39 is 5.97 Å². The number of hydrogen-bond acceptors (Lipinski definition) is 5. The van der Waals surface area contributed by atoms with E-state index in [0.717, 1.165) is 0 Å². The lowest BCUT2D eigenvalue weighted by Gasteiger charge is -2.06. The zero-order chi connectivity index (χ0) is 14.7. The van der Waals surface area contributed by atoms with E-state index in [1.807, 2.05) is 0 Å². The van der Waals surface area contributed by atoms with Gasteiger partial charge in [-0.1, -0.05) is 0 Å². The molecule has 0 aromatic carbocycles. The SMILES string of the molecule is CCOC(=O)c1ccsc1NC(=O)c1c(C)n[nH]c1C. The van der Waals surface area contributed by atoms with Crippen molar-refractivity contribution in [1.82, 2.24) is 10.2 Å². The number of aromatic amines is 1. The predicted molar refractivity (Wildman–Crippen MR) is 76.3 cm³/mol. The summed E-state index contributed by atoms with van der Waals surface area (Å²) in [7, 11) is 0. The van der Waals surface area contributed by atoms with E-state index >= 15 is 0 Å². The molecule has 0 saturated carbocycles. The lowest BCUT2D eigenvalue weighted by molar-refractivity contribution is 0.0528. The molecule has 0 fully saturated rings. The van der Waals surface area contributed by atoms with E-state index in [9.17, 15) is 9.59 Å². The summed E-state index contributed by atoms with van der Waals surface area (Å²) in [5.41, 5.74) is 2.17. The molecule has 2 rings (SSSR count). The molecule has 0 atom stereocenters. The van der Waals surface area contributed by atoms with Crippen LogP contribution in [0.1, 0.15) is 39.0 Å². The van der Waals surface area contributed by atoms with Crippen LogP contribution < -0.4 is 5.32 Å². The smallest absolute Gasteiger partial charge is 0.341 e. The van der Waals surface area contributed by atoms with Crippen molar-refractivity contribution in [3.63, 3.8) is 0 Å². The van der Waals surface area contributed by atoms with Crippen LogP contribution in [0.25, 0.3) is 0 Å². The second-order valence-corrected chi connectivity index (χ2v) is 5.06. The first kappa shape index (κ1) is 14.3. The van der Waals surface area contributed by atoms with Crippen LogP contribution in [0.2, 0.25) is 0 Å². The summed E-state index contributed by atoms with van der Waals surface area (Å²) in [6, 6.07) is 1.63. The highest BCUT2D eigenvalue weighted by atomic mass is 32.1. The maximum absolute atomic E-state index is 12.2. The maximum atomic E-state index is 12.2. The molecule has 0 aliphatic carbocycles. The standard InChI is InChI=1S/C13H15N3O3S/c1-4-19-13(18)9-5-6-20-12(9)14-11(17)10-7(2)15-16-8(10)3/h5-6H,4H2,1-3H3,(H,14,17)(H,15,16). The van der Waals surface area contributed by atoms with Gasteiger partial charge in [-0.25, -0.2) is 4.79 Å². The highest BCUT2D eigenvalue weighted by molar-refractivity contribution is 7.14. The fourth-order valence-electron chi connectivity index (χ4n) is 1.83. The molecule has 106 valence electrons. The first-order valence-corrected chi connectivity index (χ1v) is 7.00. The fourth-order valence-corrected chi connectivity index (χ4v) is 2.60. The van der Waals surface area contributed by atoms with Gasteiger partial charge in [-0.15, -0.1) is 11.3 Å². The second-order valence-electron chi connectivity index (χ2n) is 4.15. The zero-order valence-corrected chi connectivity index (χ0v) is 12.3. The number of anilines is 1. The number of hydrogen-bond donors (Lipinski definition) is 2. The van der Waals surface area contributed by atoms with Gasteiger partial charge in [-0.3, -0.25) is 9.89 Å². The van der Waals surface area contributed by atoms with Gasteiger partial charge in [0.25, 0.3) is 5.91 Å². The number of ether oxygens (including phenoxy) is 1. The van der Waals surface area contributed by atoms with Crippen molar-refractivity contribution in [2.45, 2.75) is 20.8 Å². The third kappa shape index (κ3) is 2.72. The van der Waals surface area contributed by atoms with Gasteiger partial charge in [0.2, 0.25) is 0 Å². The number of amides is 1. The summed E-state index contributed by atoms with van der Waals surface area (Å²) in [5, 5.41) is 11.7. The number of carbonyl (C=O) groups excluding carboxylic acids is 2. The van der Waals surface area contributed by atoms with E-state index in [4.69, 9.17) is 4.74 Å². The molecule has 6 nitrogen and oxygen atoms in total. The molecule has 20 heavy (non-hydrogen) atoms. The largest absolute Gasteiger partial charge is 0.462 e. The van der Waals surface area contributed by atoms with Crippen molar-refractivity contribution in [2.24, 2.45) is 0 Å². The van der Waals surface area contributed by atoms with Gasteiger partial charge < -0.3 is 10.1 Å². The monoisotopic (exact) mass is 293 g/mol. The van der Waals surface area contributed by atoms with E-state index in [2.05, 4.69) is 15.5 Å². The van der Waals surface area contributed by atoms with Crippen LogP contribution in [-0.4, -0.2) is 28.7 Å². The van der Waals surface area contributed by atoms with Crippen LogP contribution in [0.4, 0.5) is 5.00 Å². The van der Waals surface area contributed by atoms with Gasteiger partial charge in [0.05, 0.1) is 23.4 Å². The summed E-state index contributed by atoms with van der Waals surface area (Å²) >= 11 is 1.28. The molecule has 2 heterocycles. The van der Waals surface area contributed by atoms with Gasteiger partial charge in [-0.05, 0) is 32.2 Å². The van der Waals surface area contributed by atoms with Crippen LogP contribution in [0.3, 0.4) is 0 Å². The summed E-state index contributed by atoms with van der Waals surface area (Å²) < 4.78 is 4.94. The minimum atomic E-state index is -0.440. The molecular formula is C13H15N3O3S. The van der Waals surface area contributed by atoms with Crippen LogP contribution in [0.15, 0.2) is 11.4 Å². The molecule has 2 aromatic heterocycles. The lowest BCUT2D eigenvalue weighted by Crippen LogP contribution is -2.15. The van der Waals surface area contributed by atoms with Crippen molar-refractivity contribution < 1.29 is 14.3 Å². The van der Waals surface area contributed by atoms with Crippen molar-refractivity contribution in [2.75, 3.05) is 11.9 Å². The molecule has 2 N–H and O–H groups in total. The number of aryl methyl sites for hydroxylation is 2. The van der Waals surface area contributed by atoms with Crippen LogP contribution in [-0.2, 0) is 4.74 Å². The average molecular weight is 293 g/mol. The molecule has 0 unspecified atom stereocenters. The average Bonchev–Trinajstić information content (AvgIpc) is 2.97. The van der Waals surface area contributed by atoms with Crippen molar-refractivity contribution in [3.05, 3.63) is 34.0 Å². The number of nitrogens with one attached hydrogen (secondary N) is 2. The first-order valence-electron chi connectivity index (χ1n) is 6.12. The molecule has 7 heteroatoms. The normalized spacial score (nSPS) is 10.3. The summed E-state index contributed by atoms with van der Waals surface area (Å²) in [4.78, 5) is 24.0. The number of aromatic nitrogens is 2. The van der Waals surface area contributed by atoms with E-state index in [1.54, 1.807) is 32.2 Å². The topological polar surface area (TPSA) is 84.1 Å². The van der Waals surface area contributed by atoms with Crippen LogP contribution in [0.5, 0.6) is 0 Å². The predicted octanol–water partition coefficient (Wildman–Crippen LogP) is 2.52. The van der Waals surface area contributed by atoms with E-state index in [-0.39, 0.29) is 5.91 Å². The van der Waals surface area contributed by atoms with Gasteiger partial charge in [0.1, 0.15) is 5.00 Å². The van der Waals surface area contributed by atoms with Gasteiger partial charge in [0.15, 0.2) is 0 Å². The first-order chi connectivity index (χ1) is 9.54. The number of nitrogens with zero attached hydrogens (tertiary/aromatic N) is 1. The Balaban J connectivity index is 2.21. The molecular weight excluding hydrogens is 278 g/mol. The van der Waals surface area contributed by atoms with Gasteiger partial charge >= 0.3 is 5.97 Å². The minimum Gasteiger partial charge on any atom is -0.462 e. The maximum Gasteiger partial charge on any atom is 0.341 e. The van der Waals surface area contributed by atoms with Crippen molar-refractivity contribution >= 4 is 28.2 Å². The second kappa shape index (κ2) is 5.87. The molecule has 0 bridgehead atoms. The number of rotatable bonds is 4. The third-order valence-corrected chi connectivity index (χ3v) is 3.57. The molecule has 0 aliphatic heterocycles. The Morgan fingerprint density at radius 2 is 2.20 bits per heavy atom. The van der Waals surface area contributed by atoms with Crippen molar-refractivity contribution in [3.8, 4) is 0 Å². The molecule has 0 spiro atoms. The van der Waals surface area contributed by atoms with E-state index in [1.165, 1.54) is 11.3 Å². The Morgan fingerprint density at radius 1 is 1.45 bits per heavy atom. The Labute approximate surface area is 120 Å². The molecule has 1 amide bonds. The summed E-state index contributed by atoms with van der Waals surface area (Å²) in [6.07, 6.45) is 0. The quantitative estimate of drug-likeness (QED) is 0.848. The van der Waals surface area contributed by atoms with Gasteiger partial charge in [0, 0.05) is 5.69 Å². The number of H-pyrrole nitrogens is 1. The van der Waals surface area contributed by atoms with Crippen LogP contribution in [0, 0.1) is 13.8 Å². The highest BCUT2D eigenvalue weighted by Crippen LogP contribution is 2.25. The minimum absolute atomic E-state index is 0.290. The fraction of sp³-hybridized carbons (Fsp3) is 0.308. The van der Waals surface area contributed by atoms with Gasteiger partial charge in [-0.2, -0.15) is 5.10 Å².